The standard InChI is InChI=1S/C35H49ClFN7O5S/c1-22-15-25(16-23(2)48-22)33(24-8-10-26(36)11-9-24)32(41-42-38)19-40-31-18-39-17-30(37)29(31)13-12-28-20-43(34(45)49-35(3,4)5)27-7-6-14-50(46,47)44(28)21-27/h8-11,17-18,22-23,25,27-28,32-33,40H,6-7,12-16,19-21H2,1-5H3/t22?,23?,25?,27?,28?,32-,33-/m0/s1. The molecule has 2 aromatic rings. The molecule has 12 nitrogen and oxygen atoms in total. The van der Waals surface area contributed by atoms with Crippen LogP contribution in [0.2, 0.25) is 5.02 Å². The number of anilines is 1. The van der Waals surface area contributed by atoms with Crippen LogP contribution in [0.15, 0.2) is 41.8 Å². The molecule has 0 radical (unpaired) electrons. The molecule has 0 saturated carbocycles. The molecule has 0 aliphatic carbocycles. The molecule has 2 bridgehead atoms. The smallest absolute Gasteiger partial charge is 0.410 e. The summed E-state index contributed by atoms with van der Waals surface area (Å²) in [6.45, 7) is 10.0. The van der Waals surface area contributed by atoms with E-state index in [1.165, 1.54) is 10.5 Å². The summed E-state index contributed by atoms with van der Waals surface area (Å²) >= 11 is 6.23. The number of piperazine rings is 1. The van der Waals surface area contributed by atoms with E-state index < -0.39 is 39.6 Å². The van der Waals surface area contributed by atoms with E-state index in [2.05, 4.69) is 20.3 Å². The van der Waals surface area contributed by atoms with Crippen molar-refractivity contribution in [1.29, 1.82) is 0 Å². The molecular formula is C35H49ClFN7O5S. The Morgan fingerprint density at radius 3 is 2.56 bits per heavy atom. The van der Waals surface area contributed by atoms with Gasteiger partial charge in [0.25, 0.3) is 0 Å². The maximum atomic E-state index is 15.5. The summed E-state index contributed by atoms with van der Waals surface area (Å²) in [6.07, 6.45) is 5.28. The lowest BCUT2D eigenvalue weighted by Gasteiger charge is -2.44. The van der Waals surface area contributed by atoms with Gasteiger partial charge in [-0.2, -0.15) is 4.31 Å². The molecule has 3 fully saturated rings. The highest BCUT2D eigenvalue weighted by Gasteiger charge is 2.44. The molecule has 1 amide bonds. The number of hydrogen-bond acceptors (Lipinski definition) is 8. The van der Waals surface area contributed by atoms with Crippen LogP contribution in [0.1, 0.15) is 83.8 Å². The van der Waals surface area contributed by atoms with Gasteiger partial charge in [0.15, 0.2) is 0 Å². The lowest BCUT2D eigenvalue weighted by molar-refractivity contribution is -0.0582. The van der Waals surface area contributed by atoms with Gasteiger partial charge in [0, 0.05) is 47.2 Å². The molecule has 50 heavy (non-hydrogen) atoms. The molecule has 1 aromatic heterocycles. The van der Waals surface area contributed by atoms with Crippen LogP contribution in [0.25, 0.3) is 10.4 Å². The highest BCUT2D eigenvalue weighted by atomic mass is 35.5. The van der Waals surface area contributed by atoms with E-state index in [0.717, 1.165) is 24.6 Å². The van der Waals surface area contributed by atoms with Crippen molar-refractivity contribution in [3.63, 3.8) is 0 Å². The molecular weight excluding hydrogens is 685 g/mol. The van der Waals surface area contributed by atoms with Crippen LogP contribution >= 0.6 is 11.6 Å². The molecule has 3 saturated heterocycles. The number of amides is 1. The van der Waals surface area contributed by atoms with E-state index in [1.807, 2.05) is 38.1 Å². The molecule has 15 heteroatoms. The zero-order chi connectivity index (χ0) is 36.2. The number of benzene rings is 1. The second-order valence-electron chi connectivity index (χ2n) is 14.9. The number of carbonyl (C=O) groups is 1. The second kappa shape index (κ2) is 16.0. The van der Waals surface area contributed by atoms with Gasteiger partial charge in [0.1, 0.15) is 11.4 Å². The number of nitrogens with one attached hydrogen (secondary N) is 1. The first-order valence-corrected chi connectivity index (χ1v) is 19.4. The Morgan fingerprint density at radius 2 is 1.90 bits per heavy atom. The topological polar surface area (TPSA) is 150 Å². The van der Waals surface area contributed by atoms with Crippen molar-refractivity contribution in [2.75, 3.05) is 30.7 Å². The predicted octanol–water partition coefficient (Wildman–Crippen LogP) is 7.30. The highest BCUT2D eigenvalue weighted by Crippen LogP contribution is 2.40. The fourth-order valence-corrected chi connectivity index (χ4v) is 9.77. The number of hydrogen-bond donors (Lipinski definition) is 1. The SMILES string of the molecule is CC1CC([C@H](c2ccc(Cl)cc2)[C@H](CNc2cncc(F)c2CCC2CN(C(=O)OC(C)(C)C)C3CCCS(=O)(=O)N2C3)N=[N+]=[N-])CC(C)O1. The third kappa shape index (κ3) is 9.38. The number of fused-ring (bicyclic) bond motifs is 2. The fraction of sp³-hybridized carbons (Fsp3) is 0.657. The largest absolute Gasteiger partial charge is 0.444 e. The average molecular weight is 734 g/mol. The van der Waals surface area contributed by atoms with Gasteiger partial charge in [0.05, 0.1) is 42.1 Å². The van der Waals surface area contributed by atoms with Crippen molar-refractivity contribution < 1.29 is 27.1 Å². The first-order chi connectivity index (χ1) is 23.6. The Hall–Kier alpha value is -3.16. The molecule has 4 heterocycles. The van der Waals surface area contributed by atoms with Crippen LogP contribution in [0, 0.1) is 11.7 Å². The number of pyridine rings is 1. The van der Waals surface area contributed by atoms with E-state index in [4.69, 9.17) is 21.1 Å². The summed E-state index contributed by atoms with van der Waals surface area (Å²) in [6, 6.07) is 6.17. The Labute approximate surface area is 299 Å². The average Bonchev–Trinajstić information content (AvgIpc) is 3.15. The lowest BCUT2D eigenvalue weighted by atomic mass is 9.74. The molecule has 3 aliphatic heterocycles. The molecule has 5 unspecified atom stereocenters. The van der Waals surface area contributed by atoms with Crippen molar-refractivity contribution in [3.8, 4) is 0 Å². The minimum atomic E-state index is -3.57. The van der Waals surface area contributed by atoms with Gasteiger partial charge in [-0.1, -0.05) is 28.8 Å². The van der Waals surface area contributed by atoms with Gasteiger partial charge < -0.3 is 19.7 Å². The number of halogens is 2. The highest BCUT2D eigenvalue weighted by molar-refractivity contribution is 7.89. The van der Waals surface area contributed by atoms with Crippen LogP contribution in [-0.4, -0.2) is 90.0 Å². The number of aromatic nitrogens is 1. The second-order valence-corrected chi connectivity index (χ2v) is 17.4. The fourth-order valence-electron chi connectivity index (χ4n) is 7.85. The lowest BCUT2D eigenvalue weighted by Crippen LogP contribution is -2.60. The summed E-state index contributed by atoms with van der Waals surface area (Å²) in [5.41, 5.74) is 10.7. The summed E-state index contributed by atoms with van der Waals surface area (Å²) in [5, 5.41) is 8.19. The molecule has 274 valence electrons. The van der Waals surface area contributed by atoms with Crippen LogP contribution in [0.4, 0.5) is 14.9 Å². The van der Waals surface area contributed by atoms with E-state index >= 15 is 4.39 Å². The van der Waals surface area contributed by atoms with Gasteiger partial charge >= 0.3 is 6.09 Å². The number of sulfonamides is 1. The van der Waals surface area contributed by atoms with Crippen LogP contribution in [0.5, 0.6) is 0 Å². The van der Waals surface area contributed by atoms with Gasteiger partial charge in [0.2, 0.25) is 10.0 Å². The van der Waals surface area contributed by atoms with Crippen molar-refractivity contribution in [3.05, 3.63) is 69.1 Å². The summed E-state index contributed by atoms with van der Waals surface area (Å²) in [4.78, 5) is 22.2. The van der Waals surface area contributed by atoms with Crippen LogP contribution in [-0.2, 0) is 25.9 Å². The first-order valence-electron chi connectivity index (χ1n) is 17.5. The number of carbonyl (C=O) groups excluding carboxylic acids is 1. The predicted molar refractivity (Wildman–Crippen MR) is 191 cm³/mol. The first kappa shape index (κ1) is 38.1. The Morgan fingerprint density at radius 1 is 1.20 bits per heavy atom. The maximum Gasteiger partial charge on any atom is 0.410 e. The number of rotatable bonds is 10. The number of nitrogens with zero attached hydrogens (tertiary/aromatic N) is 6. The monoisotopic (exact) mass is 733 g/mol. The van der Waals surface area contributed by atoms with Gasteiger partial charge in [-0.25, -0.2) is 17.6 Å². The molecule has 0 spiro atoms. The summed E-state index contributed by atoms with van der Waals surface area (Å²) < 4.78 is 55.4. The number of azide groups is 1. The van der Waals surface area contributed by atoms with Gasteiger partial charge in [-0.05, 0) is 108 Å². The van der Waals surface area contributed by atoms with Crippen molar-refractivity contribution in [2.24, 2.45) is 11.0 Å². The van der Waals surface area contributed by atoms with E-state index in [9.17, 15) is 18.7 Å². The zero-order valence-electron chi connectivity index (χ0n) is 29.5. The quantitative estimate of drug-likeness (QED) is 0.153. The maximum absolute atomic E-state index is 15.5. The minimum Gasteiger partial charge on any atom is -0.444 e. The van der Waals surface area contributed by atoms with E-state index in [-0.39, 0.29) is 68.3 Å². The summed E-state index contributed by atoms with van der Waals surface area (Å²) in [5.74, 6) is -0.556. The van der Waals surface area contributed by atoms with Crippen molar-refractivity contribution in [1.82, 2.24) is 14.2 Å². The van der Waals surface area contributed by atoms with E-state index in [0.29, 0.717) is 29.1 Å². The third-order valence-electron chi connectivity index (χ3n) is 9.92. The van der Waals surface area contributed by atoms with Crippen LogP contribution < -0.4 is 5.32 Å². The van der Waals surface area contributed by atoms with Crippen LogP contribution in [0.3, 0.4) is 0 Å². The zero-order valence-corrected chi connectivity index (χ0v) is 31.0. The van der Waals surface area contributed by atoms with E-state index in [1.54, 1.807) is 25.7 Å². The Balaban J connectivity index is 1.38. The van der Waals surface area contributed by atoms with Gasteiger partial charge in [-0.15, -0.1) is 0 Å². The molecule has 5 rings (SSSR count). The Kier molecular flexibility index (Phi) is 12.2. The minimum absolute atomic E-state index is 0.00115. The van der Waals surface area contributed by atoms with Crippen molar-refractivity contribution >= 4 is 33.4 Å². The third-order valence-corrected chi connectivity index (χ3v) is 12.1. The Bertz CT molecular complexity index is 1640. The summed E-state index contributed by atoms with van der Waals surface area (Å²) in [7, 11) is -3.57. The molecule has 3 aliphatic rings. The molecule has 7 atom stereocenters. The van der Waals surface area contributed by atoms with Gasteiger partial charge in [-0.3, -0.25) is 4.98 Å². The number of ether oxygens (including phenoxy) is 2. The molecule has 1 aromatic carbocycles. The van der Waals surface area contributed by atoms with Crippen molar-refractivity contribution in [2.45, 2.75) is 115 Å². The normalized spacial score (nSPS) is 27.7. The molecule has 1 N–H and O–H groups in total.